The molecule has 0 spiro atoms. The topological polar surface area (TPSA) is 44.7 Å². The van der Waals surface area contributed by atoms with Gasteiger partial charge in [0.05, 0.1) is 0 Å². The van der Waals surface area contributed by atoms with Crippen molar-refractivity contribution < 1.29 is 23.0 Å². The van der Waals surface area contributed by atoms with E-state index in [1.54, 1.807) is 6.07 Å². The fourth-order valence-electron chi connectivity index (χ4n) is 2.76. The van der Waals surface area contributed by atoms with Crippen molar-refractivity contribution in [3.63, 3.8) is 0 Å². The second-order valence-corrected chi connectivity index (χ2v) is 5.29. The zero-order chi connectivity index (χ0) is 16.0. The SMILES string of the molecule is Cl.OCCC[C@@H](c1cccc(OC(F)(F)F)c1)N1CCNCC1. The first-order chi connectivity index (χ1) is 10.5. The van der Waals surface area contributed by atoms with Crippen LogP contribution in [0.25, 0.3) is 0 Å². The summed E-state index contributed by atoms with van der Waals surface area (Å²) in [6.07, 6.45) is -3.38. The highest BCUT2D eigenvalue weighted by molar-refractivity contribution is 5.85. The summed E-state index contributed by atoms with van der Waals surface area (Å²) in [6.45, 7) is 3.45. The summed E-state index contributed by atoms with van der Waals surface area (Å²) in [4.78, 5) is 2.23. The van der Waals surface area contributed by atoms with Crippen molar-refractivity contribution in [1.82, 2.24) is 10.2 Å². The van der Waals surface area contributed by atoms with Crippen LogP contribution < -0.4 is 10.1 Å². The Balaban J connectivity index is 0.00000264. The molecule has 1 heterocycles. The van der Waals surface area contributed by atoms with E-state index in [9.17, 15) is 13.2 Å². The smallest absolute Gasteiger partial charge is 0.406 e. The highest BCUT2D eigenvalue weighted by Crippen LogP contribution is 2.30. The second-order valence-electron chi connectivity index (χ2n) is 5.29. The van der Waals surface area contributed by atoms with Crippen LogP contribution in [0.15, 0.2) is 24.3 Å². The minimum Gasteiger partial charge on any atom is -0.406 e. The van der Waals surface area contributed by atoms with E-state index in [1.807, 2.05) is 6.07 Å². The third-order valence-electron chi connectivity index (χ3n) is 3.70. The minimum atomic E-state index is -4.69. The van der Waals surface area contributed by atoms with Crippen LogP contribution in [0, 0.1) is 0 Å². The van der Waals surface area contributed by atoms with Crippen LogP contribution in [-0.2, 0) is 0 Å². The zero-order valence-electron chi connectivity index (χ0n) is 12.7. The maximum atomic E-state index is 12.4. The first kappa shape index (κ1) is 20.0. The van der Waals surface area contributed by atoms with Crippen molar-refractivity contribution >= 4 is 12.4 Å². The largest absolute Gasteiger partial charge is 0.573 e. The average Bonchev–Trinajstić information content (AvgIpc) is 2.47. The van der Waals surface area contributed by atoms with Crippen LogP contribution in [0.4, 0.5) is 13.2 Å². The molecule has 1 aromatic rings. The predicted octanol–water partition coefficient (Wildman–Crippen LogP) is 2.73. The van der Waals surface area contributed by atoms with Gasteiger partial charge in [-0.15, -0.1) is 25.6 Å². The van der Waals surface area contributed by atoms with Crippen LogP contribution in [0.2, 0.25) is 0 Å². The number of hydrogen-bond donors (Lipinski definition) is 2. The van der Waals surface area contributed by atoms with Crippen LogP contribution in [0.1, 0.15) is 24.4 Å². The van der Waals surface area contributed by atoms with Crippen LogP contribution in [0.3, 0.4) is 0 Å². The molecule has 132 valence electrons. The summed E-state index contributed by atoms with van der Waals surface area (Å²) in [6, 6.07) is 6.12. The Labute approximate surface area is 140 Å². The number of hydrogen-bond acceptors (Lipinski definition) is 4. The molecule has 1 atom stereocenters. The molecule has 0 aliphatic carbocycles. The lowest BCUT2D eigenvalue weighted by molar-refractivity contribution is -0.274. The number of rotatable bonds is 6. The normalized spacial score (nSPS) is 17.4. The standard InChI is InChI=1S/C15H21F3N2O2.ClH/c16-15(17,18)22-13-4-1-3-12(11-13)14(5-2-10-21)20-8-6-19-7-9-20;/h1,3-4,11,14,19,21H,2,5-10H2;1H/t14-;/m0./s1. The number of piperazine rings is 1. The molecule has 0 aromatic heterocycles. The van der Waals surface area contributed by atoms with Crippen LogP contribution >= 0.6 is 12.4 Å². The van der Waals surface area contributed by atoms with Gasteiger partial charge in [0.2, 0.25) is 0 Å². The van der Waals surface area contributed by atoms with Crippen molar-refractivity contribution in [3.8, 4) is 5.75 Å². The summed E-state index contributed by atoms with van der Waals surface area (Å²) in [5, 5.41) is 12.3. The number of aliphatic hydroxyl groups excluding tert-OH is 1. The van der Waals surface area contributed by atoms with Gasteiger partial charge in [0, 0.05) is 38.8 Å². The highest BCUT2D eigenvalue weighted by Gasteiger charge is 2.31. The number of benzene rings is 1. The Bertz CT molecular complexity index is 468. The van der Waals surface area contributed by atoms with Gasteiger partial charge in [-0.1, -0.05) is 12.1 Å². The third-order valence-corrected chi connectivity index (χ3v) is 3.70. The third kappa shape index (κ3) is 6.55. The zero-order valence-corrected chi connectivity index (χ0v) is 13.5. The number of aliphatic hydroxyl groups is 1. The van der Waals surface area contributed by atoms with E-state index in [2.05, 4.69) is 15.0 Å². The summed E-state index contributed by atoms with van der Waals surface area (Å²) in [7, 11) is 0. The maximum absolute atomic E-state index is 12.4. The Morgan fingerprint density at radius 3 is 2.57 bits per heavy atom. The van der Waals surface area contributed by atoms with Crippen molar-refractivity contribution in [3.05, 3.63) is 29.8 Å². The molecule has 1 aromatic carbocycles. The van der Waals surface area contributed by atoms with Crippen LogP contribution in [0.5, 0.6) is 5.75 Å². The number of ether oxygens (including phenoxy) is 1. The summed E-state index contributed by atoms with van der Waals surface area (Å²) < 4.78 is 41.1. The molecule has 0 unspecified atom stereocenters. The number of nitrogens with zero attached hydrogens (tertiary/aromatic N) is 1. The molecular formula is C15H22ClF3N2O2. The number of alkyl halides is 3. The molecule has 1 saturated heterocycles. The van der Waals surface area contributed by atoms with Crippen molar-refractivity contribution in [1.29, 1.82) is 0 Å². The van der Waals surface area contributed by atoms with Gasteiger partial charge in [-0.25, -0.2) is 0 Å². The number of halogens is 4. The Morgan fingerprint density at radius 2 is 1.96 bits per heavy atom. The highest BCUT2D eigenvalue weighted by atomic mass is 35.5. The average molecular weight is 355 g/mol. The Hall–Kier alpha value is -1.02. The molecule has 2 rings (SSSR count). The van der Waals surface area contributed by atoms with Crippen molar-refractivity contribution in [2.24, 2.45) is 0 Å². The van der Waals surface area contributed by atoms with Gasteiger partial charge in [-0.2, -0.15) is 0 Å². The monoisotopic (exact) mass is 354 g/mol. The molecule has 2 N–H and O–H groups in total. The molecule has 1 aliphatic rings. The quantitative estimate of drug-likeness (QED) is 0.824. The van der Waals surface area contributed by atoms with E-state index < -0.39 is 6.36 Å². The Kier molecular flexibility index (Phi) is 8.11. The lowest BCUT2D eigenvalue weighted by Gasteiger charge is -2.35. The summed E-state index contributed by atoms with van der Waals surface area (Å²) in [5.41, 5.74) is 0.789. The molecule has 0 radical (unpaired) electrons. The van der Waals surface area contributed by atoms with Gasteiger partial charge < -0.3 is 15.2 Å². The van der Waals surface area contributed by atoms with Gasteiger partial charge in [-0.05, 0) is 30.5 Å². The van der Waals surface area contributed by atoms with Crippen LogP contribution in [-0.4, -0.2) is 49.2 Å². The minimum absolute atomic E-state index is 0. The molecule has 8 heteroatoms. The molecule has 4 nitrogen and oxygen atoms in total. The molecule has 1 aliphatic heterocycles. The molecule has 0 amide bonds. The van der Waals surface area contributed by atoms with Crippen molar-refractivity contribution in [2.75, 3.05) is 32.8 Å². The maximum Gasteiger partial charge on any atom is 0.573 e. The summed E-state index contributed by atoms with van der Waals surface area (Å²) in [5.74, 6) is -0.200. The molecule has 0 bridgehead atoms. The van der Waals surface area contributed by atoms with Gasteiger partial charge in [0.1, 0.15) is 5.75 Å². The van der Waals surface area contributed by atoms with E-state index in [1.165, 1.54) is 12.1 Å². The second kappa shape index (κ2) is 9.32. The lowest BCUT2D eigenvalue weighted by atomic mass is 9.99. The van der Waals surface area contributed by atoms with E-state index in [0.29, 0.717) is 12.8 Å². The van der Waals surface area contributed by atoms with Gasteiger partial charge >= 0.3 is 6.36 Å². The van der Waals surface area contributed by atoms with Gasteiger partial charge in [0.25, 0.3) is 0 Å². The molecule has 1 fully saturated rings. The molecular weight excluding hydrogens is 333 g/mol. The van der Waals surface area contributed by atoms with Crippen molar-refractivity contribution in [2.45, 2.75) is 25.2 Å². The van der Waals surface area contributed by atoms with Gasteiger partial charge in [-0.3, -0.25) is 4.90 Å². The first-order valence-corrected chi connectivity index (χ1v) is 7.41. The lowest BCUT2D eigenvalue weighted by Crippen LogP contribution is -2.45. The van der Waals surface area contributed by atoms with E-state index in [4.69, 9.17) is 5.11 Å². The fourth-order valence-corrected chi connectivity index (χ4v) is 2.76. The fraction of sp³-hybridized carbons (Fsp3) is 0.600. The van der Waals surface area contributed by atoms with E-state index in [-0.39, 0.29) is 30.8 Å². The van der Waals surface area contributed by atoms with E-state index >= 15 is 0 Å². The van der Waals surface area contributed by atoms with Gasteiger partial charge in [0.15, 0.2) is 0 Å². The predicted molar refractivity (Wildman–Crippen MR) is 83.9 cm³/mol. The molecule has 0 saturated carbocycles. The Morgan fingerprint density at radius 1 is 1.26 bits per heavy atom. The number of nitrogens with one attached hydrogen (secondary N) is 1. The first-order valence-electron chi connectivity index (χ1n) is 7.41. The molecule has 23 heavy (non-hydrogen) atoms. The van der Waals surface area contributed by atoms with E-state index in [0.717, 1.165) is 31.7 Å². The summed E-state index contributed by atoms with van der Waals surface area (Å²) >= 11 is 0.